The summed E-state index contributed by atoms with van der Waals surface area (Å²) < 4.78 is 12.4. The first kappa shape index (κ1) is 17.7. The summed E-state index contributed by atoms with van der Waals surface area (Å²) in [4.78, 5) is 4.71. The van der Waals surface area contributed by atoms with Gasteiger partial charge in [0, 0.05) is 6.04 Å². The minimum absolute atomic E-state index is 0.0585. The molecule has 2 aromatic carbocycles. The van der Waals surface area contributed by atoms with Gasteiger partial charge in [-0.05, 0) is 44.2 Å². The largest absolute Gasteiger partial charge is 0.497 e. The smallest absolute Gasteiger partial charge is 0.129 e. The standard InChI is InChI=1S/C19H22N2O3S/c1-13(2)21(22)10-11-24-17-9-8-14(23-3)12-15(17)19-20-16-6-4-5-7-18(16)25-19/h4-9,12-13,22H,10-11H2,1-3H3. The van der Waals surface area contributed by atoms with Gasteiger partial charge >= 0.3 is 0 Å². The number of thiazole rings is 1. The molecule has 25 heavy (non-hydrogen) atoms. The number of hydroxylamine groups is 2. The molecule has 5 nitrogen and oxygen atoms in total. The summed E-state index contributed by atoms with van der Waals surface area (Å²) in [6.45, 7) is 4.68. The quantitative estimate of drug-likeness (QED) is 0.632. The van der Waals surface area contributed by atoms with Crippen LogP contribution in [0.4, 0.5) is 0 Å². The molecule has 0 aliphatic rings. The number of methoxy groups -OCH3 is 1. The third-order valence-electron chi connectivity index (χ3n) is 3.89. The van der Waals surface area contributed by atoms with Crippen molar-refractivity contribution in [1.82, 2.24) is 10.0 Å². The highest BCUT2D eigenvalue weighted by Crippen LogP contribution is 2.37. The topological polar surface area (TPSA) is 54.8 Å². The second-order valence-corrected chi connectivity index (χ2v) is 6.98. The van der Waals surface area contributed by atoms with Crippen molar-refractivity contribution in [2.24, 2.45) is 0 Å². The molecule has 3 rings (SSSR count). The van der Waals surface area contributed by atoms with E-state index >= 15 is 0 Å². The summed E-state index contributed by atoms with van der Waals surface area (Å²) in [6.07, 6.45) is 0. The SMILES string of the molecule is COc1ccc(OCCN(O)C(C)C)c(-c2nc3ccccc3s2)c1. The molecule has 0 saturated carbocycles. The molecule has 6 heteroatoms. The average molecular weight is 358 g/mol. The van der Waals surface area contributed by atoms with Gasteiger partial charge in [0.1, 0.15) is 23.1 Å². The fourth-order valence-electron chi connectivity index (χ4n) is 2.42. The number of benzene rings is 2. The third kappa shape index (κ3) is 4.10. The lowest BCUT2D eigenvalue weighted by molar-refractivity contribution is -0.121. The van der Waals surface area contributed by atoms with Crippen molar-refractivity contribution in [3.63, 3.8) is 0 Å². The van der Waals surface area contributed by atoms with Crippen molar-refractivity contribution in [3.05, 3.63) is 42.5 Å². The van der Waals surface area contributed by atoms with Gasteiger partial charge < -0.3 is 14.7 Å². The molecule has 1 aromatic heterocycles. The van der Waals surface area contributed by atoms with Crippen LogP contribution in [0.1, 0.15) is 13.8 Å². The van der Waals surface area contributed by atoms with E-state index in [4.69, 9.17) is 14.5 Å². The Hall–Kier alpha value is -2.15. The van der Waals surface area contributed by atoms with Crippen molar-refractivity contribution in [3.8, 4) is 22.1 Å². The Morgan fingerprint density at radius 3 is 2.72 bits per heavy atom. The monoisotopic (exact) mass is 358 g/mol. The van der Waals surface area contributed by atoms with Gasteiger partial charge in [0.2, 0.25) is 0 Å². The van der Waals surface area contributed by atoms with E-state index in [9.17, 15) is 5.21 Å². The van der Waals surface area contributed by atoms with Gasteiger partial charge in [0.15, 0.2) is 0 Å². The molecule has 0 bridgehead atoms. The molecule has 1 N–H and O–H groups in total. The van der Waals surface area contributed by atoms with Crippen LogP contribution in [0.15, 0.2) is 42.5 Å². The number of rotatable bonds is 7. The fourth-order valence-corrected chi connectivity index (χ4v) is 3.41. The van der Waals surface area contributed by atoms with E-state index in [1.165, 1.54) is 5.06 Å². The van der Waals surface area contributed by atoms with Gasteiger partial charge in [0.25, 0.3) is 0 Å². The molecule has 0 saturated heterocycles. The number of ether oxygens (including phenoxy) is 2. The Bertz CT molecular complexity index is 815. The summed E-state index contributed by atoms with van der Waals surface area (Å²) in [5, 5.41) is 11.9. The number of nitrogens with zero attached hydrogens (tertiary/aromatic N) is 2. The van der Waals surface area contributed by atoms with E-state index in [1.807, 2.05) is 50.2 Å². The maximum Gasteiger partial charge on any atom is 0.129 e. The Labute approximate surface area is 151 Å². The number of hydrogen-bond donors (Lipinski definition) is 1. The Morgan fingerprint density at radius 2 is 2.00 bits per heavy atom. The van der Waals surface area contributed by atoms with Crippen molar-refractivity contribution in [2.45, 2.75) is 19.9 Å². The molecule has 0 aliphatic heterocycles. The van der Waals surface area contributed by atoms with Crippen LogP contribution in [-0.2, 0) is 0 Å². The van der Waals surface area contributed by atoms with Crippen LogP contribution < -0.4 is 9.47 Å². The zero-order valence-corrected chi connectivity index (χ0v) is 15.4. The maximum atomic E-state index is 9.79. The van der Waals surface area contributed by atoms with E-state index < -0.39 is 0 Å². The lowest BCUT2D eigenvalue weighted by atomic mass is 10.2. The minimum atomic E-state index is 0.0585. The summed E-state index contributed by atoms with van der Waals surface area (Å²) >= 11 is 1.62. The highest BCUT2D eigenvalue weighted by molar-refractivity contribution is 7.21. The molecule has 0 atom stereocenters. The zero-order valence-electron chi connectivity index (χ0n) is 14.6. The highest BCUT2D eigenvalue weighted by Gasteiger charge is 2.14. The molecular weight excluding hydrogens is 336 g/mol. The van der Waals surface area contributed by atoms with Crippen molar-refractivity contribution >= 4 is 21.6 Å². The first-order chi connectivity index (χ1) is 12.1. The van der Waals surface area contributed by atoms with Gasteiger partial charge in [0.05, 0.1) is 29.4 Å². The fraction of sp³-hybridized carbons (Fsp3) is 0.316. The van der Waals surface area contributed by atoms with Crippen LogP contribution in [0.5, 0.6) is 11.5 Å². The van der Waals surface area contributed by atoms with Crippen LogP contribution in [0.2, 0.25) is 0 Å². The maximum absolute atomic E-state index is 9.79. The molecule has 0 amide bonds. The van der Waals surface area contributed by atoms with Gasteiger partial charge in [-0.3, -0.25) is 0 Å². The van der Waals surface area contributed by atoms with E-state index in [1.54, 1.807) is 18.4 Å². The second-order valence-electron chi connectivity index (χ2n) is 5.95. The summed E-state index contributed by atoms with van der Waals surface area (Å²) in [7, 11) is 1.64. The van der Waals surface area contributed by atoms with Crippen LogP contribution in [0.25, 0.3) is 20.8 Å². The van der Waals surface area contributed by atoms with Crippen molar-refractivity contribution in [1.29, 1.82) is 0 Å². The minimum Gasteiger partial charge on any atom is -0.497 e. The number of hydrogen-bond acceptors (Lipinski definition) is 6. The Balaban J connectivity index is 1.88. The lowest BCUT2D eigenvalue weighted by Crippen LogP contribution is -2.31. The van der Waals surface area contributed by atoms with Crippen LogP contribution in [0.3, 0.4) is 0 Å². The predicted molar refractivity (Wildman–Crippen MR) is 101 cm³/mol. The zero-order chi connectivity index (χ0) is 17.8. The van der Waals surface area contributed by atoms with Gasteiger partial charge in [-0.15, -0.1) is 11.3 Å². The molecule has 0 radical (unpaired) electrons. The Kier molecular flexibility index (Phi) is 5.53. The summed E-state index contributed by atoms with van der Waals surface area (Å²) in [5.41, 5.74) is 1.87. The van der Waals surface area contributed by atoms with Crippen LogP contribution in [0, 0.1) is 0 Å². The molecule has 0 spiro atoms. The predicted octanol–water partition coefficient (Wildman–Crippen LogP) is 4.45. The summed E-state index contributed by atoms with van der Waals surface area (Å²) in [6, 6.07) is 13.8. The number of fused-ring (bicyclic) bond motifs is 1. The molecule has 0 fully saturated rings. The van der Waals surface area contributed by atoms with Crippen molar-refractivity contribution < 1.29 is 14.7 Å². The van der Waals surface area contributed by atoms with E-state index in [2.05, 4.69) is 6.07 Å². The summed E-state index contributed by atoms with van der Waals surface area (Å²) in [5.74, 6) is 1.49. The number of para-hydroxylation sites is 1. The average Bonchev–Trinajstić information content (AvgIpc) is 3.05. The molecule has 0 unspecified atom stereocenters. The molecular formula is C19H22N2O3S. The van der Waals surface area contributed by atoms with E-state index in [-0.39, 0.29) is 6.04 Å². The second kappa shape index (κ2) is 7.82. The first-order valence-corrected chi connectivity index (χ1v) is 9.02. The molecule has 132 valence electrons. The first-order valence-electron chi connectivity index (χ1n) is 8.21. The van der Waals surface area contributed by atoms with E-state index in [0.29, 0.717) is 13.2 Å². The highest BCUT2D eigenvalue weighted by atomic mass is 32.1. The van der Waals surface area contributed by atoms with Gasteiger partial charge in [-0.2, -0.15) is 5.06 Å². The Morgan fingerprint density at radius 1 is 1.20 bits per heavy atom. The number of aromatic nitrogens is 1. The molecule has 0 aliphatic carbocycles. The van der Waals surface area contributed by atoms with Crippen LogP contribution in [-0.4, -0.2) is 41.6 Å². The van der Waals surface area contributed by atoms with Crippen molar-refractivity contribution in [2.75, 3.05) is 20.3 Å². The third-order valence-corrected chi connectivity index (χ3v) is 4.95. The van der Waals surface area contributed by atoms with Gasteiger partial charge in [-0.25, -0.2) is 4.98 Å². The normalized spacial score (nSPS) is 11.4. The van der Waals surface area contributed by atoms with E-state index in [0.717, 1.165) is 32.3 Å². The lowest BCUT2D eigenvalue weighted by Gasteiger charge is -2.19. The van der Waals surface area contributed by atoms with Gasteiger partial charge in [-0.1, -0.05) is 12.1 Å². The van der Waals surface area contributed by atoms with Crippen LogP contribution >= 0.6 is 11.3 Å². The molecule has 1 heterocycles. The molecule has 3 aromatic rings.